The second kappa shape index (κ2) is 9.00. The smallest absolute Gasteiger partial charge is 0.341 e. The number of anilines is 1. The van der Waals surface area contributed by atoms with Crippen LogP contribution in [0, 0.1) is 10.1 Å². The first-order valence-electron chi connectivity index (χ1n) is 8.00. The third-order valence-electron chi connectivity index (χ3n) is 3.79. The van der Waals surface area contributed by atoms with Gasteiger partial charge in [0.15, 0.2) is 6.61 Å². The van der Waals surface area contributed by atoms with Crippen molar-refractivity contribution < 1.29 is 19.2 Å². The van der Waals surface area contributed by atoms with Crippen molar-refractivity contribution in [1.82, 2.24) is 5.32 Å². The molecule has 142 valence electrons. The van der Waals surface area contributed by atoms with E-state index in [2.05, 4.69) is 10.6 Å². The van der Waals surface area contributed by atoms with Gasteiger partial charge in [0.25, 0.3) is 11.6 Å². The second-order valence-corrected chi connectivity index (χ2v) is 6.03. The SMILES string of the molecule is CNc1ccc([N+](=O)[O-])cc1C(=O)OCC(=O)N[C@H](C)c1ccccc1Cl. The van der Waals surface area contributed by atoms with Crippen molar-refractivity contribution >= 4 is 34.9 Å². The lowest BCUT2D eigenvalue weighted by Crippen LogP contribution is -2.31. The quantitative estimate of drug-likeness (QED) is 0.425. The molecule has 0 radical (unpaired) electrons. The van der Waals surface area contributed by atoms with E-state index in [1.54, 1.807) is 38.2 Å². The summed E-state index contributed by atoms with van der Waals surface area (Å²) >= 11 is 6.09. The van der Waals surface area contributed by atoms with Gasteiger partial charge in [-0.2, -0.15) is 0 Å². The first kappa shape index (κ1) is 20.2. The minimum absolute atomic E-state index is 0.0290. The van der Waals surface area contributed by atoms with E-state index in [0.29, 0.717) is 10.7 Å². The molecule has 2 aromatic rings. The molecule has 2 N–H and O–H groups in total. The van der Waals surface area contributed by atoms with Crippen LogP contribution in [0.4, 0.5) is 11.4 Å². The highest BCUT2D eigenvalue weighted by atomic mass is 35.5. The molecule has 0 aromatic heterocycles. The van der Waals surface area contributed by atoms with E-state index in [0.717, 1.165) is 11.6 Å². The number of hydrogen-bond donors (Lipinski definition) is 2. The summed E-state index contributed by atoms with van der Waals surface area (Å²) in [5, 5.41) is 16.8. The number of non-ortho nitro benzene ring substituents is 1. The lowest BCUT2D eigenvalue weighted by atomic mass is 10.1. The Morgan fingerprint density at radius 2 is 1.96 bits per heavy atom. The zero-order chi connectivity index (χ0) is 20.0. The molecule has 9 heteroatoms. The predicted molar refractivity (Wildman–Crippen MR) is 101 cm³/mol. The molecule has 1 atom stereocenters. The number of hydrogen-bond acceptors (Lipinski definition) is 6. The summed E-state index contributed by atoms with van der Waals surface area (Å²) in [5.74, 6) is -1.36. The molecule has 2 rings (SSSR count). The molecule has 0 fully saturated rings. The number of amides is 1. The van der Waals surface area contributed by atoms with Crippen molar-refractivity contribution in [2.24, 2.45) is 0 Å². The Kier molecular flexibility index (Phi) is 6.73. The van der Waals surface area contributed by atoms with Crippen LogP contribution in [0.3, 0.4) is 0 Å². The molecule has 0 heterocycles. The van der Waals surface area contributed by atoms with Gasteiger partial charge in [0.05, 0.1) is 16.5 Å². The predicted octanol–water partition coefficient (Wildman–Crippen LogP) is 3.32. The fourth-order valence-corrected chi connectivity index (χ4v) is 2.73. The number of nitro benzene ring substituents is 1. The van der Waals surface area contributed by atoms with Gasteiger partial charge in [-0.15, -0.1) is 0 Å². The van der Waals surface area contributed by atoms with Crippen molar-refractivity contribution in [1.29, 1.82) is 0 Å². The van der Waals surface area contributed by atoms with Crippen LogP contribution in [0.15, 0.2) is 42.5 Å². The van der Waals surface area contributed by atoms with E-state index in [-0.39, 0.29) is 17.3 Å². The maximum absolute atomic E-state index is 12.2. The highest BCUT2D eigenvalue weighted by molar-refractivity contribution is 6.31. The van der Waals surface area contributed by atoms with Gasteiger partial charge in [0, 0.05) is 29.9 Å². The molecule has 0 bridgehead atoms. The van der Waals surface area contributed by atoms with Crippen LogP contribution < -0.4 is 10.6 Å². The Labute approximate surface area is 160 Å². The van der Waals surface area contributed by atoms with Crippen LogP contribution in [-0.2, 0) is 9.53 Å². The van der Waals surface area contributed by atoms with Gasteiger partial charge < -0.3 is 15.4 Å². The fourth-order valence-electron chi connectivity index (χ4n) is 2.43. The third-order valence-corrected chi connectivity index (χ3v) is 4.13. The average Bonchev–Trinajstić information content (AvgIpc) is 2.65. The van der Waals surface area contributed by atoms with Crippen molar-refractivity contribution in [2.75, 3.05) is 19.0 Å². The highest BCUT2D eigenvalue weighted by Gasteiger charge is 2.19. The molecule has 0 saturated heterocycles. The van der Waals surface area contributed by atoms with Crippen LogP contribution in [-0.4, -0.2) is 30.5 Å². The van der Waals surface area contributed by atoms with E-state index in [4.69, 9.17) is 16.3 Å². The van der Waals surface area contributed by atoms with Crippen molar-refractivity contribution in [3.05, 3.63) is 68.7 Å². The molecule has 0 saturated carbocycles. The summed E-state index contributed by atoms with van der Waals surface area (Å²) in [6.45, 7) is 1.22. The topological polar surface area (TPSA) is 111 Å². The number of halogens is 1. The van der Waals surface area contributed by atoms with Crippen molar-refractivity contribution in [3.8, 4) is 0 Å². The number of carbonyl (C=O) groups excluding carboxylic acids is 2. The van der Waals surface area contributed by atoms with E-state index in [1.165, 1.54) is 12.1 Å². The first-order chi connectivity index (χ1) is 12.8. The number of nitro groups is 1. The molecule has 27 heavy (non-hydrogen) atoms. The zero-order valence-corrected chi connectivity index (χ0v) is 15.4. The molecule has 2 aromatic carbocycles. The first-order valence-corrected chi connectivity index (χ1v) is 8.38. The molecule has 0 spiro atoms. The van der Waals surface area contributed by atoms with E-state index >= 15 is 0 Å². The van der Waals surface area contributed by atoms with Gasteiger partial charge in [-0.25, -0.2) is 4.79 Å². The lowest BCUT2D eigenvalue weighted by molar-refractivity contribution is -0.384. The monoisotopic (exact) mass is 391 g/mol. The van der Waals surface area contributed by atoms with Gasteiger partial charge in [-0.05, 0) is 24.6 Å². The molecular formula is C18H18ClN3O5. The summed E-state index contributed by atoms with van der Waals surface area (Å²) in [6.07, 6.45) is 0. The van der Waals surface area contributed by atoms with Gasteiger partial charge in [-0.1, -0.05) is 29.8 Å². The maximum Gasteiger partial charge on any atom is 0.341 e. The Balaban J connectivity index is 2.01. The minimum atomic E-state index is -0.844. The number of esters is 1. The van der Waals surface area contributed by atoms with E-state index < -0.39 is 23.4 Å². The molecule has 0 aliphatic heterocycles. The molecule has 0 unspecified atom stereocenters. The number of carbonyl (C=O) groups is 2. The average molecular weight is 392 g/mol. The summed E-state index contributed by atoms with van der Waals surface area (Å²) in [4.78, 5) is 34.5. The van der Waals surface area contributed by atoms with Crippen LogP contribution in [0.1, 0.15) is 28.9 Å². The largest absolute Gasteiger partial charge is 0.452 e. The Bertz CT molecular complexity index is 872. The number of ether oxygens (including phenoxy) is 1. The van der Waals surface area contributed by atoms with Gasteiger partial charge in [0.1, 0.15) is 0 Å². The van der Waals surface area contributed by atoms with Crippen LogP contribution in [0.5, 0.6) is 0 Å². The number of rotatable bonds is 7. The summed E-state index contributed by atoms with van der Waals surface area (Å²) in [6, 6.07) is 10.4. The summed E-state index contributed by atoms with van der Waals surface area (Å²) in [5.41, 5.74) is 0.807. The second-order valence-electron chi connectivity index (χ2n) is 5.62. The summed E-state index contributed by atoms with van der Waals surface area (Å²) < 4.78 is 4.99. The normalized spacial score (nSPS) is 11.4. The van der Waals surface area contributed by atoms with E-state index in [1.807, 2.05) is 0 Å². The molecule has 0 aliphatic carbocycles. The lowest BCUT2D eigenvalue weighted by Gasteiger charge is -2.16. The zero-order valence-electron chi connectivity index (χ0n) is 14.7. The minimum Gasteiger partial charge on any atom is -0.452 e. The van der Waals surface area contributed by atoms with Gasteiger partial charge >= 0.3 is 5.97 Å². The Morgan fingerprint density at radius 3 is 2.59 bits per heavy atom. The van der Waals surface area contributed by atoms with Crippen LogP contribution in [0.25, 0.3) is 0 Å². The molecular weight excluding hydrogens is 374 g/mol. The number of nitrogens with one attached hydrogen (secondary N) is 2. The Morgan fingerprint density at radius 1 is 1.26 bits per heavy atom. The highest BCUT2D eigenvalue weighted by Crippen LogP contribution is 2.23. The van der Waals surface area contributed by atoms with Crippen LogP contribution in [0.2, 0.25) is 5.02 Å². The molecule has 8 nitrogen and oxygen atoms in total. The summed E-state index contributed by atoms with van der Waals surface area (Å²) in [7, 11) is 1.57. The number of benzene rings is 2. The van der Waals surface area contributed by atoms with E-state index in [9.17, 15) is 19.7 Å². The maximum atomic E-state index is 12.2. The molecule has 0 aliphatic rings. The standard InChI is InChI=1S/C18H18ClN3O5/c1-11(13-5-3-4-6-15(13)19)21-17(23)10-27-18(24)14-9-12(22(25)26)7-8-16(14)20-2/h3-9,11,20H,10H2,1-2H3,(H,21,23)/t11-/m1/s1. The van der Waals surface area contributed by atoms with Gasteiger partial charge in [0.2, 0.25) is 0 Å². The number of nitrogens with zero attached hydrogens (tertiary/aromatic N) is 1. The van der Waals surface area contributed by atoms with Crippen molar-refractivity contribution in [2.45, 2.75) is 13.0 Å². The molecule has 1 amide bonds. The van der Waals surface area contributed by atoms with Gasteiger partial charge in [-0.3, -0.25) is 14.9 Å². The van der Waals surface area contributed by atoms with Crippen LogP contribution >= 0.6 is 11.6 Å². The Hall–Kier alpha value is -3.13. The van der Waals surface area contributed by atoms with Crippen molar-refractivity contribution in [3.63, 3.8) is 0 Å². The fraction of sp³-hybridized carbons (Fsp3) is 0.222. The third kappa shape index (κ3) is 5.18.